The minimum absolute atomic E-state index is 0.250. The molecule has 1 aromatic heterocycles. The van der Waals surface area contributed by atoms with Gasteiger partial charge in [-0.3, -0.25) is 0 Å². The summed E-state index contributed by atoms with van der Waals surface area (Å²) in [5.41, 5.74) is 5.07. The molecule has 0 aliphatic carbocycles. The SMILES string of the molecule is CCC(C)(C)NS(=O)(=O)c1ccsc1CN. The molecule has 6 heteroatoms. The number of thiophene rings is 1. The van der Waals surface area contributed by atoms with E-state index < -0.39 is 15.6 Å². The standard InChI is InChI=1S/C10H18N2O2S2/c1-4-10(2,3)12-16(13,14)9-5-6-15-8(9)7-11/h5-6,12H,4,7,11H2,1-3H3. The molecule has 92 valence electrons. The molecular formula is C10H18N2O2S2. The van der Waals surface area contributed by atoms with Crippen LogP contribution in [0.25, 0.3) is 0 Å². The highest BCUT2D eigenvalue weighted by Gasteiger charge is 2.26. The van der Waals surface area contributed by atoms with Gasteiger partial charge < -0.3 is 5.73 Å². The lowest BCUT2D eigenvalue weighted by Gasteiger charge is -2.24. The largest absolute Gasteiger partial charge is 0.326 e. The van der Waals surface area contributed by atoms with Gasteiger partial charge in [-0.05, 0) is 31.7 Å². The zero-order chi connectivity index (χ0) is 12.4. The number of nitrogens with two attached hydrogens (primary N) is 1. The Morgan fingerprint density at radius 2 is 2.12 bits per heavy atom. The van der Waals surface area contributed by atoms with Gasteiger partial charge in [0.05, 0.1) is 4.90 Å². The van der Waals surface area contributed by atoms with E-state index >= 15 is 0 Å². The van der Waals surface area contributed by atoms with Crippen molar-refractivity contribution >= 4 is 21.4 Å². The minimum atomic E-state index is -3.45. The molecule has 0 saturated heterocycles. The second kappa shape index (κ2) is 4.83. The highest BCUT2D eigenvalue weighted by molar-refractivity contribution is 7.89. The van der Waals surface area contributed by atoms with E-state index in [-0.39, 0.29) is 6.54 Å². The number of nitrogens with one attached hydrogen (secondary N) is 1. The summed E-state index contributed by atoms with van der Waals surface area (Å²) in [4.78, 5) is 1.00. The Morgan fingerprint density at radius 3 is 2.62 bits per heavy atom. The maximum Gasteiger partial charge on any atom is 0.242 e. The Morgan fingerprint density at radius 1 is 1.50 bits per heavy atom. The molecule has 0 aliphatic rings. The van der Waals surface area contributed by atoms with Gasteiger partial charge in [0.25, 0.3) is 0 Å². The topological polar surface area (TPSA) is 72.2 Å². The molecule has 1 heterocycles. The zero-order valence-corrected chi connectivity index (χ0v) is 11.4. The summed E-state index contributed by atoms with van der Waals surface area (Å²) < 4.78 is 26.9. The maximum absolute atomic E-state index is 12.1. The first-order valence-corrected chi connectivity index (χ1v) is 7.49. The number of sulfonamides is 1. The summed E-state index contributed by atoms with van der Waals surface area (Å²) in [7, 11) is -3.45. The summed E-state index contributed by atoms with van der Waals surface area (Å²) in [6.45, 7) is 5.92. The van der Waals surface area contributed by atoms with Crippen LogP contribution in [0.15, 0.2) is 16.3 Å². The molecule has 0 unspecified atom stereocenters. The van der Waals surface area contributed by atoms with Crippen LogP contribution in [0.3, 0.4) is 0 Å². The van der Waals surface area contributed by atoms with E-state index in [0.717, 1.165) is 6.42 Å². The van der Waals surface area contributed by atoms with Crippen LogP contribution in [0, 0.1) is 0 Å². The van der Waals surface area contributed by atoms with Crippen molar-refractivity contribution in [3.05, 3.63) is 16.3 Å². The van der Waals surface area contributed by atoms with Gasteiger partial charge in [-0.1, -0.05) is 6.92 Å². The molecule has 3 N–H and O–H groups in total. The minimum Gasteiger partial charge on any atom is -0.326 e. The fourth-order valence-corrected chi connectivity index (χ4v) is 4.03. The first-order chi connectivity index (χ1) is 7.32. The second-order valence-electron chi connectivity index (χ2n) is 4.26. The third kappa shape index (κ3) is 3.04. The van der Waals surface area contributed by atoms with Gasteiger partial charge in [0.1, 0.15) is 0 Å². The average Bonchev–Trinajstić information content (AvgIpc) is 2.64. The van der Waals surface area contributed by atoms with Crippen molar-refractivity contribution in [3.8, 4) is 0 Å². The van der Waals surface area contributed by atoms with Crippen molar-refractivity contribution in [1.29, 1.82) is 0 Å². The second-order valence-corrected chi connectivity index (χ2v) is 6.91. The van der Waals surface area contributed by atoms with Crippen LogP contribution < -0.4 is 10.5 Å². The molecule has 1 aromatic rings. The predicted molar refractivity (Wildman–Crippen MR) is 66.9 cm³/mol. The van der Waals surface area contributed by atoms with Crippen LogP contribution >= 0.6 is 11.3 Å². The predicted octanol–water partition coefficient (Wildman–Crippen LogP) is 1.67. The third-order valence-electron chi connectivity index (χ3n) is 2.47. The van der Waals surface area contributed by atoms with Crippen LogP contribution in [-0.4, -0.2) is 14.0 Å². The number of rotatable bonds is 5. The zero-order valence-electron chi connectivity index (χ0n) is 9.78. The van der Waals surface area contributed by atoms with Gasteiger partial charge in [0, 0.05) is 17.0 Å². The van der Waals surface area contributed by atoms with Crippen molar-refractivity contribution in [2.24, 2.45) is 5.73 Å². The van der Waals surface area contributed by atoms with E-state index in [1.165, 1.54) is 11.3 Å². The van der Waals surface area contributed by atoms with E-state index in [1.807, 2.05) is 20.8 Å². The van der Waals surface area contributed by atoms with Crippen LogP contribution in [0.1, 0.15) is 32.1 Å². The normalized spacial score (nSPS) is 13.0. The summed E-state index contributed by atoms with van der Waals surface area (Å²) in [5.74, 6) is 0. The average molecular weight is 262 g/mol. The highest BCUT2D eigenvalue weighted by Crippen LogP contribution is 2.23. The summed E-state index contributed by atoms with van der Waals surface area (Å²) >= 11 is 1.37. The number of hydrogen-bond acceptors (Lipinski definition) is 4. The Kier molecular flexibility index (Phi) is 4.12. The van der Waals surface area contributed by atoms with Crippen LogP contribution in [-0.2, 0) is 16.6 Å². The van der Waals surface area contributed by atoms with Gasteiger partial charge in [0.2, 0.25) is 10.0 Å². The Bertz CT molecular complexity index is 449. The Hall–Kier alpha value is -0.430. The maximum atomic E-state index is 12.1. The summed E-state index contributed by atoms with van der Waals surface area (Å²) in [6, 6.07) is 1.60. The molecule has 16 heavy (non-hydrogen) atoms. The smallest absolute Gasteiger partial charge is 0.242 e. The molecule has 0 spiro atoms. The lowest BCUT2D eigenvalue weighted by atomic mass is 10.0. The molecule has 0 radical (unpaired) electrons. The highest BCUT2D eigenvalue weighted by atomic mass is 32.2. The van der Waals surface area contributed by atoms with Crippen LogP contribution in [0.5, 0.6) is 0 Å². The molecule has 0 aliphatic heterocycles. The van der Waals surface area contributed by atoms with Crippen LogP contribution in [0.4, 0.5) is 0 Å². The van der Waals surface area contributed by atoms with E-state index in [0.29, 0.717) is 9.77 Å². The Balaban J connectivity index is 3.04. The van der Waals surface area contributed by atoms with E-state index in [1.54, 1.807) is 11.4 Å². The van der Waals surface area contributed by atoms with Crippen molar-refractivity contribution in [1.82, 2.24) is 4.72 Å². The van der Waals surface area contributed by atoms with Crippen molar-refractivity contribution in [2.45, 2.75) is 44.2 Å². The Labute approximate surface area is 101 Å². The fourth-order valence-electron chi connectivity index (χ4n) is 1.21. The van der Waals surface area contributed by atoms with Crippen molar-refractivity contribution in [2.75, 3.05) is 0 Å². The first-order valence-electron chi connectivity index (χ1n) is 5.13. The van der Waals surface area contributed by atoms with E-state index in [4.69, 9.17) is 5.73 Å². The molecule has 0 bridgehead atoms. The monoisotopic (exact) mass is 262 g/mol. The molecule has 0 aromatic carbocycles. The van der Waals surface area contributed by atoms with Gasteiger partial charge >= 0.3 is 0 Å². The molecule has 4 nitrogen and oxygen atoms in total. The van der Waals surface area contributed by atoms with E-state index in [9.17, 15) is 8.42 Å². The summed E-state index contributed by atoms with van der Waals surface area (Å²) in [6.07, 6.45) is 0.730. The van der Waals surface area contributed by atoms with Gasteiger partial charge in [-0.25, -0.2) is 13.1 Å². The third-order valence-corrected chi connectivity index (χ3v) is 5.33. The van der Waals surface area contributed by atoms with Gasteiger partial charge in [-0.2, -0.15) is 0 Å². The molecule has 0 amide bonds. The van der Waals surface area contributed by atoms with Gasteiger partial charge in [-0.15, -0.1) is 11.3 Å². The molecule has 1 rings (SSSR count). The van der Waals surface area contributed by atoms with Crippen molar-refractivity contribution < 1.29 is 8.42 Å². The molecule has 0 atom stereocenters. The van der Waals surface area contributed by atoms with Crippen molar-refractivity contribution in [3.63, 3.8) is 0 Å². The van der Waals surface area contributed by atoms with Crippen LogP contribution in [0.2, 0.25) is 0 Å². The first kappa shape index (κ1) is 13.6. The molecule has 0 fully saturated rings. The number of hydrogen-bond donors (Lipinski definition) is 2. The summed E-state index contributed by atoms with van der Waals surface area (Å²) in [5, 5.41) is 1.75. The molecular weight excluding hydrogens is 244 g/mol. The lowest BCUT2D eigenvalue weighted by Crippen LogP contribution is -2.42. The van der Waals surface area contributed by atoms with Gasteiger partial charge in [0.15, 0.2) is 0 Å². The lowest BCUT2D eigenvalue weighted by molar-refractivity contribution is 0.439. The quantitative estimate of drug-likeness (QED) is 0.848. The molecule has 0 saturated carbocycles. The van der Waals surface area contributed by atoms with E-state index in [2.05, 4.69) is 4.72 Å². The fraction of sp³-hybridized carbons (Fsp3) is 0.600.